The maximum absolute atomic E-state index is 6.29. The van der Waals surface area contributed by atoms with E-state index in [1.165, 1.54) is 24.9 Å². The number of ether oxygens (including phenoxy) is 1. The highest BCUT2D eigenvalue weighted by atomic mass is 35.5. The number of rotatable bonds is 7. The average Bonchev–Trinajstić information content (AvgIpc) is 3.18. The van der Waals surface area contributed by atoms with Gasteiger partial charge in [0.1, 0.15) is 0 Å². The summed E-state index contributed by atoms with van der Waals surface area (Å²) in [6, 6.07) is 8.87. The number of benzene rings is 1. The Hall–Kier alpha value is -1.30. The van der Waals surface area contributed by atoms with Gasteiger partial charge in [0.15, 0.2) is 5.96 Å². The van der Waals surface area contributed by atoms with Crippen LogP contribution in [0.3, 0.4) is 0 Å². The van der Waals surface area contributed by atoms with Gasteiger partial charge in [0.05, 0.1) is 6.54 Å². The van der Waals surface area contributed by atoms with Gasteiger partial charge in [-0.25, -0.2) is 0 Å². The Kier molecular flexibility index (Phi) is 8.00. The first-order valence-electron chi connectivity index (χ1n) is 10.8. The molecule has 0 amide bonds. The third-order valence-electron chi connectivity index (χ3n) is 6.18. The second-order valence-electron chi connectivity index (χ2n) is 7.90. The molecule has 156 valence electrons. The SMILES string of the molecule is CCNC(=NCC1(c2cccc(Cl)c2)CCOCC1)NCC1CCCN1CC. The van der Waals surface area contributed by atoms with Crippen molar-refractivity contribution in [1.29, 1.82) is 0 Å². The zero-order chi connectivity index (χ0) is 19.8. The number of halogens is 1. The van der Waals surface area contributed by atoms with Gasteiger partial charge >= 0.3 is 0 Å². The minimum atomic E-state index is -0.00564. The first-order valence-corrected chi connectivity index (χ1v) is 11.1. The average molecular weight is 407 g/mol. The normalized spacial score (nSPS) is 23.0. The second kappa shape index (κ2) is 10.5. The van der Waals surface area contributed by atoms with E-state index in [1.807, 2.05) is 12.1 Å². The van der Waals surface area contributed by atoms with Crippen LogP contribution in [0.25, 0.3) is 0 Å². The Labute approximate surface area is 174 Å². The number of aliphatic imine (C=N–C) groups is 1. The largest absolute Gasteiger partial charge is 0.381 e. The fraction of sp³-hybridized carbons (Fsp3) is 0.682. The zero-order valence-electron chi connectivity index (χ0n) is 17.3. The van der Waals surface area contributed by atoms with Crippen LogP contribution in [-0.4, -0.2) is 62.8 Å². The maximum atomic E-state index is 6.29. The molecule has 0 aliphatic carbocycles. The number of guanidine groups is 1. The van der Waals surface area contributed by atoms with Gasteiger partial charge in [0.2, 0.25) is 0 Å². The summed E-state index contributed by atoms with van der Waals surface area (Å²) in [5, 5.41) is 7.80. The van der Waals surface area contributed by atoms with E-state index < -0.39 is 0 Å². The molecular formula is C22H35ClN4O. The van der Waals surface area contributed by atoms with Crippen LogP contribution in [0.15, 0.2) is 29.3 Å². The van der Waals surface area contributed by atoms with E-state index in [0.717, 1.165) is 63.2 Å². The fourth-order valence-electron chi connectivity index (χ4n) is 4.45. The molecule has 0 spiro atoms. The van der Waals surface area contributed by atoms with Crippen molar-refractivity contribution in [3.05, 3.63) is 34.9 Å². The molecular weight excluding hydrogens is 372 g/mol. The topological polar surface area (TPSA) is 48.9 Å². The molecule has 6 heteroatoms. The minimum absolute atomic E-state index is 0.00564. The number of likely N-dealkylation sites (N-methyl/N-ethyl adjacent to an activating group) is 1. The van der Waals surface area contributed by atoms with Crippen molar-refractivity contribution in [2.75, 3.05) is 45.9 Å². The standard InChI is InChI=1S/C22H35ClN4O/c1-3-24-21(25-16-20-9-6-12-27(20)4-2)26-17-22(10-13-28-14-11-22)18-7-5-8-19(23)15-18/h5,7-8,15,20H,3-4,6,9-14,16-17H2,1-2H3,(H2,24,25,26). The van der Waals surface area contributed by atoms with Gasteiger partial charge in [-0.1, -0.05) is 30.7 Å². The molecule has 0 aromatic heterocycles. The van der Waals surface area contributed by atoms with Crippen molar-refractivity contribution < 1.29 is 4.74 Å². The highest BCUT2D eigenvalue weighted by Gasteiger charge is 2.34. The molecule has 2 heterocycles. The van der Waals surface area contributed by atoms with Crippen LogP contribution in [-0.2, 0) is 10.2 Å². The quantitative estimate of drug-likeness (QED) is 0.538. The Morgan fingerprint density at radius 1 is 1.29 bits per heavy atom. The highest BCUT2D eigenvalue weighted by molar-refractivity contribution is 6.30. The Morgan fingerprint density at radius 3 is 2.82 bits per heavy atom. The van der Waals surface area contributed by atoms with Crippen LogP contribution >= 0.6 is 11.6 Å². The van der Waals surface area contributed by atoms with Crippen molar-refractivity contribution in [3.63, 3.8) is 0 Å². The van der Waals surface area contributed by atoms with Gasteiger partial charge in [0, 0.05) is 42.8 Å². The Bertz CT molecular complexity index is 645. The van der Waals surface area contributed by atoms with Crippen LogP contribution in [0, 0.1) is 0 Å². The molecule has 0 saturated carbocycles. The molecule has 5 nitrogen and oxygen atoms in total. The van der Waals surface area contributed by atoms with Crippen LogP contribution < -0.4 is 10.6 Å². The van der Waals surface area contributed by atoms with Crippen molar-refractivity contribution in [3.8, 4) is 0 Å². The molecule has 0 bridgehead atoms. The summed E-state index contributed by atoms with van der Waals surface area (Å²) in [6.07, 6.45) is 4.51. The molecule has 2 N–H and O–H groups in total. The molecule has 2 aliphatic rings. The Balaban J connectivity index is 1.71. The molecule has 1 unspecified atom stereocenters. The zero-order valence-corrected chi connectivity index (χ0v) is 18.1. The van der Waals surface area contributed by atoms with Gasteiger partial charge in [-0.2, -0.15) is 0 Å². The second-order valence-corrected chi connectivity index (χ2v) is 8.34. The number of nitrogens with zero attached hydrogens (tertiary/aromatic N) is 2. The van der Waals surface area contributed by atoms with E-state index >= 15 is 0 Å². The predicted octanol–water partition coefficient (Wildman–Crippen LogP) is 3.43. The third-order valence-corrected chi connectivity index (χ3v) is 6.42. The van der Waals surface area contributed by atoms with E-state index in [4.69, 9.17) is 21.3 Å². The maximum Gasteiger partial charge on any atom is 0.191 e. The van der Waals surface area contributed by atoms with E-state index in [0.29, 0.717) is 6.04 Å². The lowest BCUT2D eigenvalue weighted by Gasteiger charge is -2.37. The van der Waals surface area contributed by atoms with Crippen LogP contribution in [0.2, 0.25) is 5.02 Å². The number of likely N-dealkylation sites (tertiary alicyclic amines) is 1. The Morgan fingerprint density at radius 2 is 2.11 bits per heavy atom. The highest BCUT2D eigenvalue weighted by Crippen LogP contribution is 2.36. The van der Waals surface area contributed by atoms with E-state index in [9.17, 15) is 0 Å². The predicted molar refractivity (Wildman–Crippen MR) is 117 cm³/mol. The van der Waals surface area contributed by atoms with Gasteiger partial charge in [0.25, 0.3) is 0 Å². The summed E-state index contributed by atoms with van der Waals surface area (Å²) in [4.78, 5) is 7.56. The third kappa shape index (κ3) is 5.40. The molecule has 2 aliphatic heterocycles. The monoisotopic (exact) mass is 406 g/mol. The van der Waals surface area contributed by atoms with Gasteiger partial charge in [-0.05, 0) is 63.4 Å². The van der Waals surface area contributed by atoms with Crippen LogP contribution in [0.1, 0.15) is 45.1 Å². The fourth-order valence-corrected chi connectivity index (χ4v) is 4.64. The number of nitrogens with one attached hydrogen (secondary N) is 2. The number of hydrogen-bond acceptors (Lipinski definition) is 3. The molecule has 1 aromatic rings. The molecule has 2 saturated heterocycles. The van der Waals surface area contributed by atoms with Gasteiger partial charge in [-0.3, -0.25) is 9.89 Å². The summed E-state index contributed by atoms with van der Waals surface area (Å²) in [6.45, 7) is 10.8. The minimum Gasteiger partial charge on any atom is -0.381 e. The molecule has 1 atom stereocenters. The van der Waals surface area contributed by atoms with Crippen LogP contribution in [0.5, 0.6) is 0 Å². The lowest BCUT2D eigenvalue weighted by molar-refractivity contribution is 0.0531. The summed E-state index contributed by atoms with van der Waals surface area (Å²) in [7, 11) is 0. The van der Waals surface area contributed by atoms with E-state index in [-0.39, 0.29) is 5.41 Å². The lowest BCUT2D eigenvalue weighted by Crippen LogP contribution is -2.46. The molecule has 28 heavy (non-hydrogen) atoms. The van der Waals surface area contributed by atoms with Gasteiger partial charge < -0.3 is 15.4 Å². The van der Waals surface area contributed by atoms with E-state index in [1.54, 1.807) is 0 Å². The summed E-state index contributed by atoms with van der Waals surface area (Å²) < 4.78 is 5.65. The summed E-state index contributed by atoms with van der Waals surface area (Å²) >= 11 is 6.29. The van der Waals surface area contributed by atoms with Crippen molar-refractivity contribution in [2.24, 2.45) is 4.99 Å². The van der Waals surface area contributed by atoms with Gasteiger partial charge in [-0.15, -0.1) is 0 Å². The lowest BCUT2D eigenvalue weighted by atomic mass is 9.74. The molecule has 3 rings (SSSR count). The van der Waals surface area contributed by atoms with Crippen molar-refractivity contribution >= 4 is 17.6 Å². The first kappa shape index (κ1) is 21.4. The number of hydrogen-bond donors (Lipinski definition) is 2. The van der Waals surface area contributed by atoms with E-state index in [2.05, 4.69) is 41.5 Å². The van der Waals surface area contributed by atoms with Crippen LogP contribution in [0.4, 0.5) is 0 Å². The molecule has 1 aromatic carbocycles. The summed E-state index contributed by atoms with van der Waals surface area (Å²) in [5.41, 5.74) is 1.27. The molecule has 2 fully saturated rings. The smallest absolute Gasteiger partial charge is 0.191 e. The molecule has 0 radical (unpaired) electrons. The van der Waals surface area contributed by atoms with Crippen molar-refractivity contribution in [1.82, 2.24) is 15.5 Å². The summed E-state index contributed by atoms with van der Waals surface area (Å²) in [5.74, 6) is 0.915. The van der Waals surface area contributed by atoms with Crippen molar-refractivity contribution in [2.45, 2.75) is 51.0 Å². The first-order chi connectivity index (χ1) is 13.7.